The fourth-order valence-electron chi connectivity index (χ4n) is 2.22. The van der Waals surface area contributed by atoms with Crippen molar-refractivity contribution in [1.82, 2.24) is 9.80 Å². The highest BCUT2D eigenvalue weighted by Gasteiger charge is 2.22. The van der Waals surface area contributed by atoms with Crippen LogP contribution in [0.1, 0.15) is 26.2 Å². The average molecular weight is 242 g/mol. The number of hydrogen-bond donors (Lipinski definition) is 0. The molecule has 2 aliphatic heterocycles. The van der Waals surface area contributed by atoms with Gasteiger partial charge in [0.1, 0.15) is 6.10 Å². The molecule has 0 radical (unpaired) electrons. The summed E-state index contributed by atoms with van der Waals surface area (Å²) >= 11 is 0. The third-order valence-corrected chi connectivity index (χ3v) is 3.43. The Morgan fingerprint density at radius 3 is 2.53 bits per heavy atom. The van der Waals surface area contributed by atoms with Gasteiger partial charge in [-0.25, -0.2) is 0 Å². The van der Waals surface area contributed by atoms with Gasteiger partial charge in [0.25, 0.3) is 0 Å². The van der Waals surface area contributed by atoms with Crippen molar-refractivity contribution in [3.05, 3.63) is 0 Å². The van der Waals surface area contributed by atoms with Crippen LogP contribution in [0.2, 0.25) is 0 Å². The fourth-order valence-corrected chi connectivity index (χ4v) is 2.22. The number of nitrogens with zero attached hydrogens (tertiary/aromatic N) is 2. The van der Waals surface area contributed by atoms with E-state index in [-0.39, 0.29) is 0 Å². The molecule has 0 bridgehead atoms. The van der Waals surface area contributed by atoms with Crippen molar-refractivity contribution in [2.45, 2.75) is 32.3 Å². The van der Waals surface area contributed by atoms with Crippen LogP contribution in [0.25, 0.3) is 0 Å². The molecule has 1 atom stereocenters. The predicted molar refractivity (Wildman–Crippen MR) is 68.1 cm³/mol. The number of ether oxygens (including phenoxy) is 2. The quantitative estimate of drug-likeness (QED) is 0.448. The predicted octanol–water partition coefficient (Wildman–Crippen LogP) is 1.17. The van der Waals surface area contributed by atoms with Gasteiger partial charge >= 0.3 is 0 Å². The van der Waals surface area contributed by atoms with Crippen LogP contribution in [-0.2, 0) is 9.47 Å². The molecule has 0 N–H and O–H groups in total. The fraction of sp³-hybridized carbons (Fsp3) is 1.00. The Hall–Kier alpha value is -0.160. The van der Waals surface area contributed by atoms with Crippen LogP contribution in [-0.4, -0.2) is 68.6 Å². The van der Waals surface area contributed by atoms with E-state index in [2.05, 4.69) is 16.7 Å². The zero-order valence-electron chi connectivity index (χ0n) is 11.1. The molecule has 17 heavy (non-hydrogen) atoms. The van der Waals surface area contributed by atoms with E-state index in [4.69, 9.17) is 9.47 Å². The zero-order valence-corrected chi connectivity index (χ0v) is 11.1. The van der Waals surface area contributed by atoms with Crippen LogP contribution in [0.5, 0.6) is 0 Å². The third-order valence-electron chi connectivity index (χ3n) is 3.43. The topological polar surface area (TPSA) is 28.2 Å². The van der Waals surface area contributed by atoms with Gasteiger partial charge in [-0.05, 0) is 19.4 Å². The SMILES string of the molecule is CCCCN1CCN(CCCOCC2CO2)C1. The molecule has 100 valence electrons. The summed E-state index contributed by atoms with van der Waals surface area (Å²) in [6.45, 7) is 10.9. The van der Waals surface area contributed by atoms with E-state index in [0.29, 0.717) is 6.10 Å². The van der Waals surface area contributed by atoms with Crippen molar-refractivity contribution in [1.29, 1.82) is 0 Å². The van der Waals surface area contributed by atoms with E-state index < -0.39 is 0 Å². The maximum atomic E-state index is 5.54. The molecule has 0 spiro atoms. The van der Waals surface area contributed by atoms with E-state index in [9.17, 15) is 0 Å². The Morgan fingerprint density at radius 1 is 1.18 bits per heavy atom. The first-order chi connectivity index (χ1) is 8.38. The summed E-state index contributed by atoms with van der Waals surface area (Å²) in [4.78, 5) is 5.09. The lowest BCUT2D eigenvalue weighted by atomic mass is 10.3. The van der Waals surface area contributed by atoms with Gasteiger partial charge in [0, 0.05) is 26.2 Å². The maximum absolute atomic E-state index is 5.54. The molecule has 0 aromatic heterocycles. The highest BCUT2D eigenvalue weighted by molar-refractivity contribution is 4.71. The maximum Gasteiger partial charge on any atom is 0.104 e. The summed E-state index contributed by atoms with van der Waals surface area (Å²) in [6.07, 6.45) is 4.19. The van der Waals surface area contributed by atoms with Crippen LogP contribution in [0.3, 0.4) is 0 Å². The van der Waals surface area contributed by atoms with Crippen molar-refractivity contribution in [3.8, 4) is 0 Å². The second kappa shape index (κ2) is 7.31. The second-order valence-corrected chi connectivity index (χ2v) is 5.11. The number of unbranched alkanes of at least 4 members (excludes halogenated alkanes) is 1. The molecule has 4 nitrogen and oxygen atoms in total. The van der Waals surface area contributed by atoms with Gasteiger partial charge in [-0.3, -0.25) is 9.80 Å². The molecule has 4 heteroatoms. The van der Waals surface area contributed by atoms with Gasteiger partial charge in [0.05, 0.1) is 19.9 Å². The summed E-state index contributed by atoms with van der Waals surface area (Å²) in [5.74, 6) is 0. The van der Waals surface area contributed by atoms with Crippen LogP contribution in [0.4, 0.5) is 0 Å². The van der Waals surface area contributed by atoms with Gasteiger partial charge in [0.15, 0.2) is 0 Å². The van der Waals surface area contributed by atoms with E-state index >= 15 is 0 Å². The smallest absolute Gasteiger partial charge is 0.104 e. The highest BCUT2D eigenvalue weighted by atomic mass is 16.6. The van der Waals surface area contributed by atoms with E-state index in [1.165, 1.54) is 39.0 Å². The first-order valence-corrected chi connectivity index (χ1v) is 7.02. The molecule has 0 aromatic rings. The molecular formula is C13H26N2O2. The normalized spacial score (nSPS) is 25.6. The Balaban J connectivity index is 1.43. The lowest BCUT2D eigenvalue weighted by Gasteiger charge is -2.17. The Kier molecular flexibility index (Phi) is 5.71. The molecule has 2 rings (SSSR count). The van der Waals surface area contributed by atoms with Crippen molar-refractivity contribution in [2.24, 2.45) is 0 Å². The summed E-state index contributed by atoms with van der Waals surface area (Å²) < 4.78 is 10.6. The molecule has 0 aliphatic carbocycles. The number of hydrogen-bond acceptors (Lipinski definition) is 4. The molecule has 0 amide bonds. The van der Waals surface area contributed by atoms with Crippen LogP contribution >= 0.6 is 0 Å². The lowest BCUT2D eigenvalue weighted by molar-refractivity contribution is 0.106. The molecule has 2 fully saturated rings. The molecule has 2 saturated heterocycles. The van der Waals surface area contributed by atoms with Crippen molar-refractivity contribution in [2.75, 3.05) is 52.7 Å². The minimum atomic E-state index is 0.409. The van der Waals surface area contributed by atoms with Crippen LogP contribution < -0.4 is 0 Å². The van der Waals surface area contributed by atoms with E-state index in [1.807, 2.05) is 0 Å². The molecule has 2 heterocycles. The van der Waals surface area contributed by atoms with Gasteiger partial charge in [0.2, 0.25) is 0 Å². The van der Waals surface area contributed by atoms with E-state index in [0.717, 1.165) is 32.9 Å². The largest absolute Gasteiger partial charge is 0.379 e. The minimum Gasteiger partial charge on any atom is -0.379 e. The van der Waals surface area contributed by atoms with Gasteiger partial charge in [-0.1, -0.05) is 13.3 Å². The number of rotatable bonds is 9. The Bertz CT molecular complexity index is 210. The number of epoxide rings is 1. The molecule has 0 saturated carbocycles. The first kappa shape index (κ1) is 13.3. The van der Waals surface area contributed by atoms with E-state index in [1.54, 1.807) is 0 Å². The Morgan fingerprint density at radius 2 is 1.88 bits per heavy atom. The highest BCUT2D eigenvalue weighted by Crippen LogP contribution is 2.09. The zero-order chi connectivity index (χ0) is 11.9. The summed E-state index contributed by atoms with van der Waals surface area (Å²) in [7, 11) is 0. The van der Waals surface area contributed by atoms with Crippen LogP contribution in [0.15, 0.2) is 0 Å². The third kappa shape index (κ3) is 5.34. The van der Waals surface area contributed by atoms with Crippen molar-refractivity contribution < 1.29 is 9.47 Å². The molecule has 2 aliphatic rings. The minimum absolute atomic E-state index is 0.409. The average Bonchev–Trinajstić information content (AvgIpc) is 3.05. The molecule has 1 unspecified atom stereocenters. The molecule has 0 aromatic carbocycles. The molecular weight excluding hydrogens is 216 g/mol. The van der Waals surface area contributed by atoms with Gasteiger partial charge in [-0.2, -0.15) is 0 Å². The first-order valence-electron chi connectivity index (χ1n) is 7.02. The van der Waals surface area contributed by atoms with Gasteiger partial charge < -0.3 is 9.47 Å². The summed E-state index contributed by atoms with van der Waals surface area (Å²) in [6, 6.07) is 0. The van der Waals surface area contributed by atoms with Crippen LogP contribution in [0, 0.1) is 0 Å². The monoisotopic (exact) mass is 242 g/mol. The lowest BCUT2D eigenvalue weighted by Crippen LogP contribution is -2.27. The summed E-state index contributed by atoms with van der Waals surface area (Å²) in [5, 5.41) is 0. The standard InChI is InChI=1S/C13H26N2O2/c1-2-3-5-14-7-8-15(12-14)6-4-9-16-10-13-11-17-13/h13H,2-12H2,1H3. The van der Waals surface area contributed by atoms with Crippen molar-refractivity contribution in [3.63, 3.8) is 0 Å². The second-order valence-electron chi connectivity index (χ2n) is 5.11. The van der Waals surface area contributed by atoms with Crippen molar-refractivity contribution >= 4 is 0 Å². The Labute approximate surface area is 105 Å². The van der Waals surface area contributed by atoms with Gasteiger partial charge in [-0.15, -0.1) is 0 Å². The summed E-state index contributed by atoms with van der Waals surface area (Å²) in [5.41, 5.74) is 0.